The molecule has 17 heavy (non-hydrogen) atoms. The highest BCUT2D eigenvalue weighted by Gasteiger charge is 2.07. The van der Waals surface area contributed by atoms with E-state index < -0.39 is 5.91 Å². The van der Waals surface area contributed by atoms with Crippen molar-refractivity contribution in [3.8, 4) is 5.75 Å². The Hall–Kier alpha value is -1.59. The highest BCUT2D eigenvalue weighted by atomic mass is 16.5. The molecule has 1 amide bonds. The van der Waals surface area contributed by atoms with Crippen molar-refractivity contribution in [2.24, 2.45) is 11.5 Å². The molecule has 0 saturated carbocycles. The van der Waals surface area contributed by atoms with E-state index in [0.29, 0.717) is 6.61 Å². The maximum absolute atomic E-state index is 10.5. The highest BCUT2D eigenvalue weighted by molar-refractivity contribution is 5.74. The number of benzene rings is 1. The molecule has 1 aromatic carbocycles. The summed E-state index contributed by atoms with van der Waals surface area (Å²) in [5.41, 5.74) is 11.8. The van der Waals surface area contributed by atoms with Crippen LogP contribution in [0.15, 0.2) is 24.3 Å². The van der Waals surface area contributed by atoms with Crippen LogP contribution in [0.2, 0.25) is 0 Å². The van der Waals surface area contributed by atoms with E-state index in [2.05, 4.69) is 0 Å². The molecule has 1 atom stereocenters. The molecule has 94 valence electrons. The van der Waals surface area contributed by atoms with Gasteiger partial charge in [0.2, 0.25) is 5.91 Å². The van der Waals surface area contributed by atoms with Crippen molar-refractivity contribution in [2.45, 2.75) is 13.0 Å². The SMILES string of the molecule is CCOc1ccc(C(N)COCC(N)=O)cc1. The minimum atomic E-state index is -0.496. The fraction of sp³-hybridized carbons (Fsp3) is 0.417. The molecule has 0 aromatic heterocycles. The lowest BCUT2D eigenvalue weighted by molar-refractivity contribution is -0.122. The Balaban J connectivity index is 2.45. The maximum atomic E-state index is 10.5. The van der Waals surface area contributed by atoms with Gasteiger partial charge in [-0.05, 0) is 24.6 Å². The van der Waals surface area contributed by atoms with Crippen LogP contribution in [0.3, 0.4) is 0 Å². The van der Waals surface area contributed by atoms with Crippen molar-refractivity contribution < 1.29 is 14.3 Å². The number of carbonyl (C=O) groups is 1. The van der Waals surface area contributed by atoms with Crippen LogP contribution in [-0.4, -0.2) is 25.7 Å². The standard InChI is InChI=1S/C12H18N2O3/c1-2-17-10-5-3-9(4-6-10)11(13)7-16-8-12(14)15/h3-6,11H,2,7-8,13H2,1H3,(H2,14,15). The molecule has 1 rings (SSSR count). The average molecular weight is 238 g/mol. The third kappa shape index (κ3) is 4.84. The molecule has 0 heterocycles. The largest absolute Gasteiger partial charge is 0.494 e. The van der Waals surface area contributed by atoms with Gasteiger partial charge in [0.05, 0.1) is 19.3 Å². The van der Waals surface area contributed by atoms with E-state index >= 15 is 0 Å². The summed E-state index contributed by atoms with van der Waals surface area (Å²) < 4.78 is 10.4. The number of rotatable bonds is 7. The number of primary amides is 1. The number of amides is 1. The third-order valence-electron chi connectivity index (χ3n) is 2.16. The third-order valence-corrected chi connectivity index (χ3v) is 2.16. The maximum Gasteiger partial charge on any atom is 0.243 e. The van der Waals surface area contributed by atoms with Gasteiger partial charge < -0.3 is 20.9 Å². The summed E-state index contributed by atoms with van der Waals surface area (Å²) in [5, 5.41) is 0. The van der Waals surface area contributed by atoms with Gasteiger partial charge in [0.25, 0.3) is 0 Å². The van der Waals surface area contributed by atoms with Gasteiger partial charge in [0, 0.05) is 0 Å². The molecule has 4 N–H and O–H groups in total. The van der Waals surface area contributed by atoms with Crippen LogP contribution in [0, 0.1) is 0 Å². The van der Waals surface area contributed by atoms with Crippen LogP contribution in [0.25, 0.3) is 0 Å². The second-order valence-electron chi connectivity index (χ2n) is 3.59. The molecule has 5 heteroatoms. The Morgan fingerprint density at radius 1 is 1.35 bits per heavy atom. The zero-order valence-corrected chi connectivity index (χ0v) is 9.89. The quantitative estimate of drug-likeness (QED) is 0.727. The Morgan fingerprint density at radius 2 is 2.00 bits per heavy atom. The predicted molar refractivity (Wildman–Crippen MR) is 64.6 cm³/mol. The second-order valence-corrected chi connectivity index (χ2v) is 3.59. The van der Waals surface area contributed by atoms with Gasteiger partial charge in [0.15, 0.2) is 0 Å². The predicted octanol–water partition coefficient (Wildman–Crippen LogP) is 0.587. The van der Waals surface area contributed by atoms with Crippen molar-refractivity contribution in [1.82, 2.24) is 0 Å². The van der Waals surface area contributed by atoms with Gasteiger partial charge >= 0.3 is 0 Å². The topological polar surface area (TPSA) is 87.6 Å². The van der Waals surface area contributed by atoms with E-state index in [1.807, 2.05) is 31.2 Å². The molecule has 0 fully saturated rings. The van der Waals surface area contributed by atoms with Gasteiger partial charge in [-0.2, -0.15) is 0 Å². The van der Waals surface area contributed by atoms with Gasteiger partial charge in [0.1, 0.15) is 12.4 Å². The van der Waals surface area contributed by atoms with E-state index in [1.165, 1.54) is 0 Å². The fourth-order valence-corrected chi connectivity index (χ4v) is 1.36. The Bertz CT molecular complexity index is 351. The lowest BCUT2D eigenvalue weighted by Gasteiger charge is -2.12. The van der Waals surface area contributed by atoms with Crippen LogP contribution >= 0.6 is 0 Å². The summed E-state index contributed by atoms with van der Waals surface area (Å²) in [6.45, 7) is 2.71. The van der Waals surface area contributed by atoms with E-state index in [0.717, 1.165) is 11.3 Å². The summed E-state index contributed by atoms with van der Waals surface area (Å²) >= 11 is 0. The van der Waals surface area contributed by atoms with Crippen LogP contribution < -0.4 is 16.2 Å². The molecule has 5 nitrogen and oxygen atoms in total. The summed E-state index contributed by atoms with van der Waals surface area (Å²) in [4.78, 5) is 10.5. The number of ether oxygens (including phenoxy) is 2. The number of nitrogens with two attached hydrogens (primary N) is 2. The molecule has 1 aromatic rings. The monoisotopic (exact) mass is 238 g/mol. The van der Waals surface area contributed by atoms with E-state index in [4.69, 9.17) is 20.9 Å². The van der Waals surface area contributed by atoms with Gasteiger partial charge in [-0.1, -0.05) is 12.1 Å². The van der Waals surface area contributed by atoms with Crippen molar-refractivity contribution in [3.63, 3.8) is 0 Å². The van der Waals surface area contributed by atoms with Crippen LogP contribution in [-0.2, 0) is 9.53 Å². The van der Waals surface area contributed by atoms with Gasteiger partial charge in [-0.25, -0.2) is 0 Å². The first-order valence-electron chi connectivity index (χ1n) is 5.48. The van der Waals surface area contributed by atoms with Crippen LogP contribution in [0.4, 0.5) is 0 Å². The van der Waals surface area contributed by atoms with Crippen molar-refractivity contribution in [2.75, 3.05) is 19.8 Å². The first kappa shape index (κ1) is 13.5. The molecule has 0 bridgehead atoms. The summed E-state index contributed by atoms with van der Waals surface area (Å²) in [5.74, 6) is 0.311. The van der Waals surface area contributed by atoms with E-state index in [1.54, 1.807) is 0 Å². The fourth-order valence-electron chi connectivity index (χ4n) is 1.36. The minimum absolute atomic E-state index is 0.106. The molecular formula is C12H18N2O3. The first-order chi connectivity index (χ1) is 8.13. The molecule has 0 spiro atoms. The zero-order chi connectivity index (χ0) is 12.7. The summed E-state index contributed by atoms with van der Waals surface area (Å²) in [6.07, 6.45) is 0. The summed E-state index contributed by atoms with van der Waals surface area (Å²) in [7, 11) is 0. The normalized spacial score (nSPS) is 12.1. The minimum Gasteiger partial charge on any atom is -0.494 e. The molecule has 0 aliphatic heterocycles. The van der Waals surface area contributed by atoms with Crippen LogP contribution in [0.5, 0.6) is 5.75 Å². The first-order valence-corrected chi connectivity index (χ1v) is 5.48. The number of hydrogen-bond acceptors (Lipinski definition) is 4. The van der Waals surface area contributed by atoms with Crippen molar-refractivity contribution >= 4 is 5.91 Å². The van der Waals surface area contributed by atoms with E-state index in [-0.39, 0.29) is 19.3 Å². The average Bonchev–Trinajstić information content (AvgIpc) is 2.30. The molecule has 0 aliphatic rings. The molecular weight excluding hydrogens is 220 g/mol. The smallest absolute Gasteiger partial charge is 0.243 e. The lowest BCUT2D eigenvalue weighted by Crippen LogP contribution is -2.23. The van der Waals surface area contributed by atoms with Gasteiger partial charge in [-0.3, -0.25) is 4.79 Å². The van der Waals surface area contributed by atoms with Gasteiger partial charge in [-0.15, -0.1) is 0 Å². The number of carbonyl (C=O) groups excluding carboxylic acids is 1. The molecule has 0 saturated heterocycles. The molecule has 1 unspecified atom stereocenters. The van der Waals surface area contributed by atoms with Crippen molar-refractivity contribution in [1.29, 1.82) is 0 Å². The van der Waals surface area contributed by atoms with Crippen LogP contribution in [0.1, 0.15) is 18.5 Å². The zero-order valence-electron chi connectivity index (χ0n) is 9.89. The van der Waals surface area contributed by atoms with Crippen molar-refractivity contribution in [3.05, 3.63) is 29.8 Å². The Morgan fingerprint density at radius 3 is 2.53 bits per heavy atom. The Labute approximate surface area is 101 Å². The highest BCUT2D eigenvalue weighted by Crippen LogP contribution is 2.16. The Kier molecular flexibility index (Phi) is 5.45. The second kappa shape index (κ2) is 6.88. The lowest BCUT2D eigenvalue weighted by atomic mass is 10.1. The summed E-state index contributed by atoms with van der Waals surface area (Å²) in [6, 6.07) is 7.19. The molecule has 0 radical (unpaired) electrons. The molecule has 0 aliphatic carbocycles. The number of hydrogen-bond donors (Lipinski definition) is 2. The van der Waals surface area contributed by atoms with E-state index in [9.17, 15) is 4.79 Å².